The van der Waals surface area contributed by atoms with Gasteiger partial charge in [0.05, 0.1) is 12.6 Å². The van der Waals surface area contributed by atoms with Gasteiger partial charge in [-0.05, 0) is 6.07 Å². The molecule has 0 saturated carbocycles. The van der Waals surface area contributed by atoms with Crippen LogP contribution in [0.3, 0.4) is 0 Å². The van der Waals surface area contributed by atoms with Crippen LogP contribution in [0.5, 0.6) is 5.88 Å². The van der Waals surface area contributed by atoms with Crippen LogP contribution in [-0.2, 0) is 0 Å². The zero-order chi connectivity index (χ0) is 9.26. The maximum absolute atomic E-state index is 5.52. The second kappa shape index (κ2) is 2.90. The summed E-state index contributed by atoms with van der Waals surface area (Å²) in [7, 11) is 1.58. The summed E-state index contributed by atoms with van der Waals surface area (Å²) in [4.78, 5) is 8.17. The van der Waals surface area contributed by atoms with Gasteiger partial charge in [-0.2, -0.15) is 0 Å². The van der Waals surface area contributed by atoms with Crippen LogP contribution in [0.1, 0.15) is 0 Å². The van der Waals surface area contributed by atoms with Crippen LogP contribution in [-0.4, -0.2) is 17.1 Å². The Labute approximate surface area is 75.4 Å². The third-order valence-corrected chi connectivity index (χ3v) is 1.78. The highest BCUT2D eigenvalue weighted by Crippen LogP contribution is 2.16. The van der Waals surface area contributed by atoms with E-state index in [-0.39, 0.29) is 0 Å². The normalized spacial score (nSPS) is 10.2. The highest BCUT2D eigenvalue weighted by Gasteiger charge is 1.98. The summed E-state index contributed by atoms with van der Waals surface area (Å²) in [6.07, 6.45) is 1.69. The van der Waals surface area contributed by atoms with Crippen LogP contribution in [0.2, 0.25) is 0 Å². The topological polar surface area (TPSA) is 61.0 Å². The molecular weight excluding hydrogens is 166 g/mol. The molecule has 66 valence electrons. The van der Waals surface area contributed by atoms with E-state index in [2.05, 4.69) is 9.97 Å². The van der Waals surface area contributed by atoms with Gasteiger partial charge in [0.1, 0.15) is 5.82 Å². The number of hydrogen-bond acceptors (Lipinski definition) is 4. The smallest absolute Gasteiger partial charge is 0.213 e. The van der Waals surface area contributed by atoms with Crippen LogP contribution in [0, 0.1) is 0 Å². The first kappa shape index (κ1) is 7.79. The average Bonchev–Trinajstić information content (AvgIpc) is 2.16. The summed E-state index contributed by atoms with van der Waals surface area (Å²) in [5.41, 5.74) is 6.32. The monoisotopic (exact) mass is 175 g/mol. The number of anilines is 1. The van der Waals surface area contributed by atoms with Gasteiger partial charge in [-0.3, -0.25) is 0 Å². The zero-order valence-electron chi connectivity index (χ0n) is 7.19. The van der Waals surface area contributed by atoms with E-state index in [1.54, 1.807) is 25.4 Å². The molecule has 13 heavy (non-hydrogen) atoms. The lowest BCUT2D eigenvalue weighted by atomic mass is 10.3. The number of nitrogens with zero attached hydrogens (tertiary/aromatic N) is 2. The van der Waals surface area contributed by atoms with Gasteiger partial charge >= 0.3 is 0 Å². The van der Waals surface area contributed by atoms with Crippen LogP contribution < -0.4 is 10.5 Å². The van der Waals surface area contributed by atoms with Gasteiger partial charge in [-0.15, -0.1) is 0 Å². The lowest BCUT2D eigenvalue weighted by molar-refractivity contribution is 0.399. The van der Waals surface area contributed by atoms with Crippen LogP contribution >= 0.6 is 0 Å². The van der Waals surface area contributed by atoms with Crippen molar-refractivity contribution in [1.82, 2.24) is 9.97 Å². The van der Waals surface area contributed by atoms with E-state index in [0.717, 1.165) is 10.9 Å². The van der Waals surface area contributed by atoms with Gasteiger partial charge in [0.25, 0.3) is 0 Å². The molecule has 4 heteroatoms. The maximum atomic E-state index is 5.52. The molecule has 0 aliphatic carbocycles. The third-order valence-electron chi connectivity index (χ3n) is 1.78. The zero-order valence-corrected chi connectivity index (χ0v) is 7.19. The molecule has 2 rings (SSSR count). The Hall–Kier alpha value is -1.84. The molecule has 0 amide bonds. The van der Waals surface area contributed by atoms with Crippen molar-refractivity contribution >= 4 is 16.7 Å². The summed E-state index contributed by atoms with van der Waals surface area (Å²) in [5, 5.41) is 0.954. The molecule has 2 aromatic heterocycles. The van der Waals surface area contributed by atoms with Crippen molar-refractivity contribution in [3.8, 4) is 5.88 Å². The van der Waals surface area contributed by atoms with Crippen LogP contribution in [0.15, 0.2) is 24.4 Å². The van der Waals surface area contributed by atoms with Gasteiger partial charge in [-0.25, -0.2) is 9.97 Å². The number of nitrogen functional groups attached to an aromatic ring is 1. The van der Waals surface area contributed by atoms with Gasteiger partial charge in [0.15, 0.2) is 0 Å². The quantitative estimate of drug-likeness (QED) is 0.707. The first-order valence-corrected chi connectivity index (χ1v) is 3.86. The fourth-order valence-electron chi connectivity index (χ4n) is 1.13. The Morgan fingerprint density at radius 1 is 1.38 bits per heavy atom. The molecule has 4 nitrogen and oxygen atoms in total. The average molecular weight is 175 g/mol. The molecule has 0 radical (unpaired) electrons. The summed E-state index contributed by atoms with van der Waals surface area (Å²) >= 11 is 0. The largest absolute Gasteiger partial charge is 0.481 e. The van der Waals surface area contributed by atoms with Crippen molar-refractivity contribution in [2.75, 3.05) is 12.8 Å². The molecule has 2 N–H and O–H groups in total. The highest BCUT2D eigenvalue weighted by atomic mass is 16.5. The van der Waals surface area contributed by atoms with E-state index >= 15 is 0 Å². The Bertz CT molecular complexity index is 442. The van der Waals surface area contributed by atoms with E-state index < -0.39 is 0 Å². The summed E-state index contributed by atoms with van der Waals surface area (Å²) < 4.78 is 4.99. The Morgan fingerprint density at radius 3 is 3.00 bits per heavy atom. The minimum Gasteiger partial charge on any atom is -0.481 e. The highest BCUT2D eigenvalue weighted by molar-refractivity contribution is 5.80. The van der Waals surface area contributed by atoms with E-state index in [0.29, 0.717) is 11.7 Å². The molecule has 0 atom stereocenters. The molecular formula is C9H9N3O. The standard InChI is InChI=1S/C9H9N3O/c1-13-9-3-2-6-5-11-8(10)4-7(6)12-9/h2-5H,1H3,(H2,10,11). The SMILES string of the molecule is COc1ccc2cnc(N)cc2n1. The Kier molecular flexibility index (Phi) is 1.73. The second-order valence-electron chi connectivity index (χ2n) is 2.66. The number of fused-ring (bicyclic) bond motifs is 1. The number of aromatic nitrogens is 2. The summed E-state index contributed by atoms with van der Waals surface area (Å²) in [6.45, 7) is 0. The first-order valence-electron chi connectivity index (χ1n) is 3.86. The van der Waals surface area contributed by atoms with Gasteiger partial charge in [0, 0.05) is 23.7 Å². The number of rotatable bonds is 1. The molecule has 0 saturated heterocycles. The Morgan fingerprint density at radius 2 is 2.23 bits per heavy atom. The third kappa shape index (κ3) is 1.38. The molecule has 0 aliphatic heterocycles. The number of methoxy groups -OCH3 is 1. The summed E-state index contributed by atoms with van der Waals surface area (Å²) in [5.74, 6) is 1.05. The van der Waals surface area contributed by atoms with Crippen LogP contribution in [0.25, 0.3) is 10.9 Å². The summed E-state index contributed by atoms with van der Waals surface area (Å²) in [6, 6.07) is 5.41. The minimum atomic E-state index is 0.466. The van der Waals surface area contributed by atoms with E-state index in [1.165, 1.54) is 0 Å². The number of hydrogen-bond donors (Lipinski definition) is 1. The molecule has 0 fully saturated rings. The predicted octanol–water partition coefficient (Wildman–Crippen LogP) is 1.22. The molecule has 0 aromatic carbocycles. The molecule has 0 spiro atoms. The van der Waals surface area contributed by atoms with Crippen molar-refractivity contribution in [1.29, 1.82) is 0 Å². The van der Waals surface area contributed by atoms with E-state index in [1.807, 2.05) is 6.07 Å². The van der Waals surface area contributed by atoms with Crippen molar-refractivity contribution in [3.05, 3.63) is 24.4 Å². The first-order chi connectivity index (χ1) is 6.29. The number of ether oxygens (including phenoxy) is 1. The molecule has 0 unspecified atom stereocenters. The van der Waals surface area contributed by atoms with Crippen molar-refractivity contribution in [2.45, 2.75) is 0 Å². The van der Waals surface area contributed by atoms with Crippen LogP contribution in [0.4, 0.5) is 5.82 Å². The van der Waals surface area contributed by atoms with Gasteiger partial charge in [-0.1, -0.05) is 0 Å². The molecule has 2 aromatic rings. The fraction of sp³-hybridized carbons (Fsp3) is 0.111. The van der Waals surface area contributed by atoms with Crippen molar-refractivity contribution in [2.24, 2.45) is 0 Å². The minimum absolute atomic E-state index is 0.466. The second-order valence-corrected chi connectivity index (χ2v) is 2.66. The lowest BCUT2D eigenvalue weighted by Gasteiger charge is -2.00. The maximum Gasteiger partial charge on any atom is 0.213 e. The van der Waals surface area contributed by atoms with E-state index in [4.69, 9.17) is 10.5 Å². The lowest BCUT2D eigenvalue weighted by Crippen LogP contribution is -1.92. The van der Waals surface area contributed by atoms with Crippen molar-refractivity contribution in [3.63, 3.8) is 0 Å². The Balaban J connectivity index is 2.68. The van der Waals surface area contributed by atoms with Gasteiger partial charge in [0.2, 0.25) is 5.88 Å². The molecule has 0 aliphatic rings. The van der Waals surface area contributed by atoms with Crippen molar-refractivity contribution < 1.29 is 4.74 Å². The number of pyridine rings is 2. The van der Waals surface area contributed by atoms with Gasteiger partial charge < -0.3 is 10.5 Å². The number of nitrogens with two attached hydrogens (primary N) is 1. The fourth-order valence-corrected chi connectivity index (χ4v) is 1.13. The molecule has 0 bridgehead atoms. The predicted molar refractivity (Wildman–Crippen MR) is 50.5 cm³/mol. The van der Waals surface area contributed by atoms with E-state index in [9.17, 15) is 0 Å². The molecule has 2 heterocycles.